The monoisotopic (exact) mass is 671 g/mol. The van der Waals surface area contributed by atoms with Crippen molar-refractivity contribution < 1.29 is 27.5 Å². The second-order valence-electron chi connectivity index (χ2n) is 12.6. The van der Waals surface area contributed by atoms with E-state index in [1.54, 1.807) is 34.2 Å². The van der Waals surface area contributed by atoms with Crippen LogP contribution in [0.2, 0.25) is 0 Å². The highest BCUT2D eigenvalue weighted by atomic mass is 19.4. The van der Waals surface area contributed by atoms with Gasteiger partial charge in [-0.05, 0) is 79.8 Å². The smallest absolute Gasteiger partial charge is 0.379 e. The molecule has 0 radical (unpaired) electrons. The second-order valence-corrected chi connectivity index (χ2v) is 12.6. The number of benzene rings is 3. The summed E-state index contributed by atoms with van der Waals surface area (Å²) in [7, 11) is 0. The van der Waals surface area contributed by atoms with Crippen molar-refractivity contribution in [2.24, 2.45) is 0 Å². The number of amides is 3. The zero-order chi connectivity index (χ0) is 34.1. The molecule has 7 rings (SSSR count). The number of nitrogens with zero attached hydrogens (tertiary/aromatic N) is 5. The van der Waals surface area contributed by atoms with Crippen LogP contribution in [0.1, 0.15) is 45.5 Å². The molecule has 4 aromatic rings. The van der Waals surface area contributed by atoms with Gasteiger partial charge in [-0.3, -0.25) is 19.5 Å². The predicted octanol–water partition coefficient (Wildman–Crippen LogP) is 6.78. The van der Waals surface area contributed by atoms with Gasteiger partial charge in [0.1, 0.15) is 5.82 Å². The maximum atomic E-state index is 14.1. The van der Waals surface area contributed by atoms with Crippen LogP contribution in [-0.2, 0) is 23.9 Å². The van der Waals surface area contributed by atoms with Gasteiger partial charge in [0.05, 0.1) is 31.0 Å². The van der Waals surface area contributed by atoms with E-state index in [1.165, 1.54) is 17.7 Å². The van der Waals surface area contributed by atoms with E-state index in [0.29, 0.717) is 23.1 Å². The van der Waals surface area contributed by atoms with Crippen molar-refractivity contribution in [1.82, 2.24) is 14.9 Å². The summed E-state index contributed by atoms with van der Waals surface area (Å²) in [5.74, 6) is 0.268. The lowest BCUT2D eigenvalue weighted by atomic mass is 10.1. The molecule has 49 heavy (non-hydrogen) atoms. The molecule has 0 atom stereocenters. The maximum absolute atomic E-state index is 14.1. The zero-order valence-electron chi connectivity index (χ0n) is 27.0. The zero-order valence-corrected chi connectivity index (χ0v) is 27.0. The molecule has 1 aromatic heterocycles. The number of nitrogens with one attached hydrogen (secondary N) is 2. The maximum Gasteiger partial charge on any atom is 0.416 e. The first-order valence-corrected chi connectivity index (χ1v) is 16.3. The summed E-state index contributed by atoms with van der Waals surface area (Å²) >= 11 is 0. The number of aryl methyl sites for hydroxylation is 1. The van der Waals surface area contributed by atoms with Gasteiger partial charge >= 0.3 is 12.2 Å². The highest BCUT2D eigenvalue weighted by Crippen LogP contribution is 2.40. The molecule has 1 saturated heterocycles. The van der Waals surface area contributed by atoms with Crippen molar-refractivity contribution in [3.63, 3.8) is 0 Å². The molecular weight excluding hydrogens is 635 g/mol. The fraction of sp³-hybridized carbons (Fsp3) is 0.333. The molecule has 0 spiro atoms. The van der Waals surface area contributed by atoms with Crippen molar-refractivity contribution in [3.8, 4) is 0 Å². The largest absolute Gasteiger partial charge is 0.416 e. The van der Waals surface area contributed by atoms with Crippen LogP contribution in [-0.4, -0.2) is 65.7 Å². The summed E-state index contributed by atoms with van der Waals surface area (Å²) in [6, 6.07) is 17.3. The summed E-state index contributed by atoms with van der Waals surface area (Å²) in [5, 5.41) is 5.96. The number of carbonyl (C=O) groups excluding carboxylic acids is 2. The van der Waals surface area contributed by atoms with Crippen molar-refractivity contribution in [3.05, 3.63) is 101 Å². The van der Waals surface area contributed by atoms with Crippen LogP contribution in [0, 0.1) is 6.92 Å². The number of urea groups is 1. The average molecular weight is 672 g/mol. The molecule has 2 aliphatic heterocycles. The molecular formula is C36H36F3N7O3. The number of hydrogen-bond donors (Lipinski definition) is 2. The Labute approximate surface area is 281 Å². The standard InChI is InChI=1S/C36H36F3N7O3/c1-23-5-8-29(41-33(47)25-3-2-4-27(19-25)36(37,38)39)20-31(23)45-22-26-21-40-34(43-32(26)46(35(45)48)30-11-12-30)42-28-9-6-24(7-10-28)13-14-44-15-17-49-18-16-44/h2-10,19-21,30H,11-18,22H2,1H3,(H,41,47)(H,40,42,43). The van der Waals surface area contributed by atoms with Crippen molar-refractivity contribution in [2.45, 2.75) is 44.9 Å². The van der Waals surface area contributed by atoms with E-state index in [2.05, 4.69) is 32.7 Å². The lowest BCUT2D eigenvalue weighted by molar-refractivity contribution is -0.137. The van der Waals surface area contributed by atoms with Gasteiger partial charge in [0.15, 0.2) is 0 Å². The van der Waals surface area contributed by atoms with Gasteiger partial charge in [-0.2, -0.15) is 18.2 Å². The highest BCUT2D eigenvalue weighted by Gasteiger charge is 2.42. The minimum absolute atomic E-state index is 0.00616. The number of ether oxygens (including phenoxy) is 1. The predicted molar refractivity (Wildman–Crippen MR) is 180 cm³/mol. The number of carbonyl (C=O) groups is 2. The van der Waals surface area contributed by atoms with Crippen LogP contribution in [0.4, 0.5) is 46.8 Å². The summed E-state index contributed by atoms with van der Waals surface area (Å²) in [6.07, 6.45) is -0.186. The van der Waals surface area contributed by atoms with Gasteiger partial charge in [0.25, 0.3) is 5.91 Å². The SMILES string of the molecule is Cc1ccc(NC(=O)c2cccc(C(F)(F)F)c2)cc1N1Cc2cnc(Nc3ccc(CCN4CCOCC4)cc3)nc2N(C2CC2)C1=O. The molecule has 1 aliphatic carbocycles. The molecule has 10 nitrogen and oxygen atoms in total. The quantitative estimate of drug-likeness (QED) is 0.202. The number of anilines is 5. The van der Waals surface area contributed by atoms with Crippen LogP contribution in [0.5, 0.6) is 0 Å². The second kappa shape index (κ2) is 13.5. The number of fused-ring (bicyclic) bond motifs is 1. The van der Waals surface area contributed by atoms with Crippen molar-refractivity contribution >= 4 is 40.8 Å². The molecule has 254 valence electrons. The van der Waals surface area contributed by atoms with Gasteiger partial charge in [-0.25, -0.2) is 9.78 Å². The summed E-state index contributed by atoms with van der Waals surface area (Å²) < 4.78 is 45.1. The first kappa shape index (κ1) is 32.5. The van der Waals surface area contributed by atoms with Gasteiger partial charge in [0, 0.05) is 54.4 Å². The first-order chi connectivity index (χ1) is 23.6. The van der Waals surface area contributed by atoms with E-state index in [-0.39, 0.29) is 24.2 Å². The fourth-order valence-corrected chi connectivity index (χ4v) is 6.10. The van der Waals surface area contributed by atoms with Crippen LogP contribution < -0.4 is 20.4 Å². The highest BCUT2D eigenvalue weighted by molar-refractivity contribution is 6.08. The van der Waals surface area contributed by atoms with Gasteiger partial charge in [0.2, 0.25) is 5.95 Å². The molecule has 3 aliphatic rings. The molecule has 0 bridgehead atoms. The molecule has 3 amide bonds. The summed E-state index contributed by atoms with van der Waals surface area (Å²) in [6.45, 7) is 6.55. The number of rotatable bonds is 9. The fourth-order valence-electron chi connectivity index (χ4n) is 6.10. The Morgan fingerprint density at radius 1 is 1.00 bits per heavy atom. The van der Waals surface area contributed by atoms with Crippen LogP contribution in [0.3, 0.4) is 0 Å². The van der Waals surface area contributed by atoms with E-state index >= 15 is 0 Å². The number of alkyl halides is 3. The molecule has 13 heteroatoms. The number of morpholine rings is 1. The molecule has 2 fully saturated rings. The summed E-state index contributed by atoms with van der Waals surface area (Å²) in [4.78, 5) is 42.1. The van der Waals surface area contributed by atoms with E-state index < -0.39 is 17.6 Å². The third-order valence-corrected chi connectivity index (χ3v) is 8.99. The van der Waals surface area contributed by atoms with Crippen LogP contribution in [0.25, 0.3) is 0 Å². The lowest BCUT2D eigenvalue weighted by Crippen LogP contribution is -2.49. The van der Waals surface area contributed by atoms with Gasteiger partial charge in [-0.1, -0.05) is 24.3 Å². The Hall–Kier alpha value is -5.01. The molecule has 0 unspecified atom stereocenters. The van der Waals surface area contributed by atoms with Crippen LogP contribution in [0.15, 0.2) is 72.9 Å². The third-order valence-electron chi connectivity index (χ3n) is 8.99. The van der Waals surface area contributed by atoms with Crippen LogP contribution >= 0.6 is 0 Å². The minimum atomic E-state index is -4.57. The average Bonchev–Trinajstić information content (AvgIpc) is 3.94. The van der Waals surface area contributed by atoms with Crippen molar-refractivity contribution in [1.29, 1.82) is 0 Å². The normalized spacial score (nSPS) is 16.8. The summed E-state index contributed by atoms with van der Waals surface area (Å²) in [5.41, 5.74) is 3.53. The Morgan fingerprint density at radius 3 is 2.49 bits per heavy atom. The molecule has 2 N–H and O–H groups in total. The van der Waals surface area contributed by atoms with E-state index in [1.807, 2.05) is 19.1 Å². The first-order valence-electron chi connectivity index (χ1n) is 16.3. The number of aromatic nitrogens is 2. The number of hydrogen-bond acceptors (Lipinski definition) is 7. The Bertz CT molecular complexity index is 1860. The topological polar surface area (TPSA) is 103 Å². The molecule has 3 aromatic carbocycles. The Kier molecular flexibility index (Phi) is 8.95. The van der Waals surface area contributed by atoms with Crippen molar-refractivity contribution in [2.75, 3.05) is 53.3 Å². The van der Waals surface area contributed by atoms with Gasteiger partial charge in [-0.15, -0.1) is 0 Å². The van der Waals surface area contributed by atoms with E-state index in [0.717, 1.165) is 81.1 Å². The van der Waals surface area contributed by atoms with E-state index in [4.69, 9.17) is 9.72 Å². The number of halogens is 3. The Balaban J connectivity index is 1.07. The lowest BCUT2D eigenvalue weighted by Gasteiger charge is -2.37. The Morgan fingerprint density at radius 2 is 1.76 bits per heavy atom. The minimum Gasteiger partial charge on any atom is -0.379 e. The molecule has 1 saturated carbocycles. The van der Waals surface area contributed by atoms with E-state index in [9.17, 15) is 22.8 Å². The third kappa shape index (κ3) is 7.37. The van der Waals surface area contributed by atoms with Gasteiger partial charge < -0.3 is 15.4 Å². The molecule has 3 heterocycles.